The van der Waals surface area contributed by atoms with E-state index in [1.807, 2.05) is 11.9 Å². The van der Waals surface area contributed by atoms with Crippen LogP contribution in [0, 0.1) is 0 Å². The Morgan fingerprint density at radius 1 is 1.33 bits per heavy atom. The Hall–Kier alpha value is -0.180. The van der Waals surface area contributed by atoms with Crippen molar-refractivity contribution in [3.63, 3.8) is 0 Å². The second kappa shape index (κ2) is 7.15. The highest BCUT2D eigenvalue weighted by Gasteiger charge is 2.12. The molecule has 1 unspecified atom stereocenters. The molecular weight excluding hydrogens is 213 g/mol. The Morgan fingerprint density at radius 3 is 2.40 bits per heavy atom. The molecule has 0 aliphatic heterocycles. The molecule has 0 fully saturated rings. The first-order chi connectivity index (χ1) is 6.81. The van der Waals surface area contributed by atoms with Gasteiger partial charge in [0.25, 0.3) is 0 Å². The number of rotatable bonds is 8. The Labute approximate surface area is 92.1 Å². The van der Waals surface area contributed by atoms with Crippen LogP contribution in [0.3, 0.4) is 0 Å². The second-order valence-corrected chi connectivity index (χ2v) is 6.67. The van der Waals surface area contributed by atoms with Gasteiger partial charge in [-0.05, 0) is 33.4 Å². The van der Waals surface area contributed by atoms with Crippen LogP contribution >= 0.6 is 7.37 Å². The van der Waals surface area contributed by atoms with Crippen molar-refractivity contribution in [3.05, 3.63) is 0 Å². The van der Waals surface area contributed by atoms with Crippen LogP contribution in [0.15, 0.2) is 0 Å². The fourth-order valence-electron chi connectivity index (χ4n) is 1.45. The minimum atomic E-state index is -2.92. The van der Waals surface area contributed by atoms with E-state index in [0.717, 1.165) is 25.8 Å². The van der Waals surface area contributed by atoms with E-state index in [9.17, 15) is 9.36 Å². The van der Waals surface area contributed by atoms with Crippen molar-refractivity contribution >= 4 is 13.2 Å². The fourth-order valence-corrected chi connectivity index (χ4v) is 2.49. The average Bonchev–Trinajstić information content (AvgIpc) is 1.99. The Morgan fingerprint density at radius 2 is 1.93 bits per heavy atom. The van der Waals surface area contributed by atoms with Crippen LogP contribution in [0.5, 0.6) is 0 Å². The highest BCUT2D eigenvalue weighted by atomic mass is 31.2. The molecule has 0 saturated heterocycles. The molecule has 4 nitrogen and oxygen atoms in total. The smallest absolute Gasteiger partial charge is 0.211 e. The molecule has 0 heterocycles. The van der Waals surface area contributed by atoms with Gasteiger partial charge in [0.05, 0.1) is 6.29 Å². The number of hydrogen-bond acceptors (Lipinski definition) is 3. The SMILES string of the molecule is CC(=O)CCCCCN(C)CP(C)(=O)O. The first kappa shape index (κ1) is 14.8. The number of nitrogens with zero attached hydrogens (tertiary/aromatic N) is 1. The maximum Gasteiger partial charge on any atom is 0.211 e. The fraction of sp³-hybridized carbons (Fsp3) is 0.900. The van der Waals surface area contributed by atoms with Gasteiger partial charge in [-0.2, -0.15) is 0 Å². The lowest BCUT2D eigenvalue weighted by atomic mass is 10.1. The van der Waals surface area contributed by atoms with E-state index in [-0.39, 0.29) is 12.1 Å². The maximum absolute atomic E-state index is 11.1. The van der Waals surface area contributed by atoms with Crippen LogP contribution < -0.4 is 0 Å². The van der Waals surface area contributed by atoms with E-state index in [2.05, 4.69) is 0 Å². The van der Waals surface area contributed by atoms with E-state index in [0.29, 0.717) is 6.42 Å². The molecule has 0 radical (unpaired) electrons. The molecule has 15 heavy (non-hydrogen) atoms. The molecule has 0 aromatic carbocycles. The van der Waals surface area contributed by atoms with Gasteiger partial charge in [-0.3, -0.25) is 9.46 Å². The lowest BCUT2D eigenvalue weighted by Gasteiger charge is -2.17. The molecule has 90 valence electrons. The number of ketones is 1. The van der Waals surface area contributed by atoms with Gasteiger partial charge >= 0.3 is 0 Å². The molecule has 0 aromatic rings. The summed E-state index contributed by atoms with van der Waals surface area (Å²) in [5.74, 6) is 0.233. The number of unbranched alkanes of at least 4 members (excludes halogenated alkanes) is 2. The Bertz CT molecular complexity index is 237. The lowest BCUT2D eigenvalue weighted by Crippen LogP contribution is -2.20. The minimum absolute atomic E-state index is 0.233. The minimum Gasteiger partial charge on any atom is -0.344 e. The van der Waals surface area contributed by atoms with Gasteiger partial charge in [0, 0.05) is 13.1 Å². The predicted octanol–water partition coefficient (Wildman–Crippen LogP) is 1.93. The standard InChI is InChI=1S/C10H22NO3P/c1-10(12)7-5-4-6-8-11(2)9-15(3,13)14/h4-9H2,1-3H3,(H,13,14). The first-order valence-electron chi connectivity index (χ1n) is 5.28. The zero-order valence-corrected chi connectivity index (χ0v) is 10.8. The molecule has 0 rings (SSSR count). The molecule has 0 aliphatic carbocycles. The summed E-state index contributed by atoms with van der Waals surface area (Å²) in [5.41, 5.74) is 0. The molecule has 0 aliphatic rings. The zero-order chi connectivity index (χ0) is 11.9. The number of Topliss-reactive ketones (excluding diaryl/α,β-unsaturated/α-hetero) is 1. The summed E-state index contributed by atoms with van der Waals surface area (Å²) >= 11 is 0. The van der Waals surface area contributed by atoms with Gasteiger partial charge in [-0.25, -0.2) is 0 Å². The Balaban J connectivity index is 3.43. The highest BCUT2D eigenvalue weighted by Crippen LogP contribution is 2.35. The number of carbonyl (C=O) groups is 1. The summed E-state index contributed by atoms with van der Waals surface area (Å²) in [6.07, 6.45) is 3.80. The maximum atomic E-state index is 11.1. The van der Waals surface area contributed by atoms with Crippen molar-refractivity contribution in [1.29, 1.82) is 0 Å². The van der Waals surface area contributed by atoms with Crippen molar-refractivity contribution in [2.45, 2.75) is 32.6 Å². The predicted molar refractivity (Wildman–Crippen MR) is 62.4 cm³/mol. The second-order valence-electron chi connectivity index (χ2n) is 4.28. The van der Waals surface area contributed by atoms with Crippen molar-refractivity contribution in [2.75, 3.05) is 26.5 Å². The van der Waals surface area contributed by atoms with Gasteiger partial charge < -0.3 is 9.69 Å². The third-order valence-electron chi connectivity index (χ3n) is 2.07. The summed E-state index contributed by atoms with van der Waals surface area (Å²) in [6.45, 7) is 3.79. The van der Waals surface area contributed by atoms with E-state index < -0.39 is 7.37 Å². The van der Waals surface area contributed by atoms with E-state index in [1.165, 1.54) is 6.66 Å². The van der Waals surface area contributed by atoms with E-state index >= 15 is 0 Å². The average molecular weight is 235 g/mol. The molecule has 5 heteroatoms. The normalized spacial score (nSPS) is 15.3. The van der Waals surface area contributed by atoms with Crippen molar-refractivity contribution < 1.29 is 14.3 Å². The molecule has 0 aromatic heterocycles. The van der Waals surface area contributed by atoms with Gasteiger partial charge in [-0.15, -0.1) is 0 Å². The van der Waals surface area contributed by atoms with Crippen molar-refractivity contribution in [2.24, 2.45) is 0 Å². The van der Waals surface area contributed by atoms with E-state index in [4.69, 9.17) is 4.89 Å². The summed E-state index contributed by atoms with van der Waals surface area (Å²) in [7, 11) is -1.08. The monoisotopic (exact) mass is 235 g/mol. The third-order valence-corrected chi connectivity index (χ3v) is 3.08. The molecule has 0 amide bonds. The zero-order valence-electron chi connectivity index (χ0n) is 9.90. The largest absolute Gasteiger partial charge is 0.344 e. The molecule has 0 spiro atoms. The van der Waals surface area contributed by atoms with Crippen molar-refractivity contribution in [1.82, 2.24) is 4.90 Å². The quantitative estimate of drug-likeness (QED) is 0.516. The molecule has 0 saturated carbocycles. The van der Waals surface area contributed by atoms with Crippen molar-refractivity contribution in [3.8, 4) is 0 Å². The molecule has 0 bridgehead atoms. The molecule has 1 atom stereocenters. The lowest BCUT2D eigenvalue weighted by molar-refractivity contribution is -0.117. The summed E-state index contributed by atoms with van der Waals surface area (Å²) in [4.78, 5) is 21.7. The summed E-state index contributed by atoms with van der Waals surface area (Å²) < 4.78 is 11.1. The topological polar surface area (TPSA) is 57.6 Å². The molecule has 1 N–H and O–H groups in total. The van der Waals surface area contributed by atoms with Crippen LogP contribution in [0.25, 0.3) is 0 Å². The Kier molecular flexibility index (Phi) is 7.07. The van der Waals surface area contributed by atoms with Gasteiger partial charge in [0.1, 0.15) is 5.78 Å². The van der Waals surface area contributed by atoms with Crippen LogP contribution in [-0.2, 0) is 9.36 Å². The number of hydrogen-bond donors (Lipinski definition) is 1. The van der Waals surface area contributed by atoms with Crippen LogP contribution in [-0.4, -0.2) is 42.1 Å². The summed E-state index contributed by atoms with van der Waals surface area (Å²) in [5, 5.41) is 0. The first-order valence-corrected chi connectivity index (χ1v) is 7.58. The third kappa shape index (κ3) is 11.7. The molecular formula is C10H22NO3P. The van der Waals surface area contributed by atoms with Crippen LogP contribution in [0.1, 0.15) is 32.6 Å². The van der Waals surface area contributed by atoms with Gasteiger partial charge in [0.15, 0.2) is 0 Å². The highest BCUT2D eigenvalue weighted by molar-refractivity contribution is 7.57. The van der Waals surface area contributed by atoms with Crippen LogP contribution in [0.4, 0.5) is 0 Å². The van der Waals surface area contributed by atoms with Crippen LogP contribution in [0.2, 0.25) is 0 Å². The number of carbonyl (C=O) groups excluding carboxylic acids is 1. The van der Waals surface area contributed by atoms with Gasteiger partial charge in [-0.1, -0.05) is 6.42 Å². The van der Waals surface area contributed by atoms with Gasteiger partial charge in [0.2, 0.25) is 7.37 Å². The van der Waals surface area contributed by atoms with E-state index in [1.54, 1.807) is 6.92 Å². The summed E-state index contributed by atoms with van der Waals surface area (Å²) in [6, 6.07) is 0.